The number of hydrogen-bond donors (Lipinski definition) is 2. The first-order chi connectivity index (χ1) is 14.9. The van der Waals surface area contributed by atoms with Gasteiger partial charge in [0.25, 0.3) is 0 Å². The zero-order valence-electron chi connectivity index (χ0n) is 17.4. The number of pyridine rings is 1. The van der Waals surface area contributed by atoms with E-state index < -0.39 is 10.0 Å². The van der Waals surface area contributed by atoms with E-state index in [1.807, 2.05) is 36.1 Å². The Kier molecular flexibility index (Phi) is 5.05. The quantitative estimate of drug-likeness (QED) is 0.557. The highest BCUT2D eigenvalue weighted by molar-refractivity contribution is 7.89. The molecule has 2 N–H and O–H groups in total. The molecule has 2 fully saturated rings. The average molecular weight is 443 g/mol. The number of carbonyl (C=O) groups is 1. The van der Waals surface area contributed by atoms with Gasteiger partial charge in [0.15, 0.2) is 0 Å². The van der Waals surface area contributed by atoms with Crippen LogP contribution in [0, 0.1) is 5.92 Å². The maximum atomic E-state index is 12.3. The summed E-state index contributed by atoms with van der Waals surface area (Å²) in [5.74, 6) is 0.839. The molecule has 0 radical (unpaired) electrons. The summed E-state index contributed by atoms with van der Waals surface area (Å²) in [6.07, 6.45) is 8.96. The SMILES string of the molecule is CCCCS(=O)(=O)N1CC(n2cc(-c3cc(NC(=O)C4CC4)nc4[nH]ccc34)cn2)C1. The van der Waals surface area contributed by atoms with Crippen LogP contribution in [-0.2, 0) is 14.8 Å². The number of hydrogen-bond acceptors (Lipinski definition) is 5. The van der Waals surface area contributed by atoms with Crippen LogP contribution < -0.4 is 5.32 Å². The molecule has 31 heavy (non-hydrogen) atoms. The first-order valence-corrected chi connectivity index (χ1v) is 12.4. The van der Waals surface area contributed by atoms with Gasteiger partial charge >= 0.3 is 0 Å². The fraction of sp³-hybridized carbons (Fsp3) is 0.476. The van der Waals surface area contributed by atoms with Crippen molar-refractivity contribution in [1.29, 1.82) is 0 Å². The molecule has 0 unspecified atom stereocenters. The lowest BCUT2D eigenvalue weighted by molar-refractivity contribution is -0.117. The van der Waals surface area contributed by atoms with E-state index in [9.17, 15) is 13.2 Å². The Morgan fingerprint density at radius 1 is 1.32 bits per heavy atom. The second-order valence-corrected chi connectivity index (χ2v) is 10.5. The van der Waals surface area contributed by atoms with Crippen molar-refractivity contribution in [3.05, 3.63) is 30.7 Å². The number of sulfonamides is 1. The number of aromatic nitrogens is 4. The molecule has 1 aliphatic carbocycles. The van der Waals surface area contributed by atoms with Crippen LogP contribution in [0.1, 0.15) is 38.6 Å². The van der Waals surface area contributed by atoms with Crippen LogP contribution in [0.3, 0.4) is 0 Å². The van der Waals surface area contributed by atoms with Gasteiger partial charge in [-0.2, -0.15) is 9.40 Å². The maximum Gasteiger partial charge on any atom is 0.228 e. The first-order valence-electron chi connectivity index (χ1n) is 10.8. The highest BCUT2D eigenvalue weighted by Gasteiger charge is 2.36. The standard InChI is InChI=1S/C21H26N6O3S/c1-2-3-8-31(29,30)26-12-16(13-26)27-11-15(10-23-27)18-9-19(25-21(28)14-4-5-14)24-20-17(18)6-7-22-20/h6-7,9-11,14,16H,2-5,8,12-13H2,1H3,(H2,22,24,25,28). The Morgan fingerprint density at radius 3 is 2.87 bits per heavy atom. The van der Waals surface area contributed by atoms with E-state index >= 15 is 0 Å². The second-order valence-electron chi connectivity index (χ2n) is 8.41. The monoisotopic (exact) mass is 442 g/mol. The van der Waals surface area contributed by atoms with Crippen LogP contribution in [0.5, 0.6) is 0 Å². The zero-order chi connectivity index (χ0) is 21.6. The molecular weight excluding hydrogens is 416 g/mol. The highest BCUT2D eigenvalue weighted by atomic mass is 32.2. The number of aromatic amines is 1. The predicted molar refractivity (Wildman–Crippen MR) is 118 cm³/mol. The van der Waals surface area contributed by atoms with E-state index in [4.69, 9.17) is 0 Å². The van der Waals surface area contributed by atoms with Gasteiger partial charge in [-0.15, -0.1) is 0 Å². The number of amides is 1. The van der Waals surface area contributed by atoms with Crippen LogP contribution in [-0.4, -0.2) is 57.2 Å². The van der Waals surface area contributed by atoms with Crippen molar-refractivity contribution < 1.29 is 13.2 Å². The lowest BCUT2D eigenvalue weighted by Gasteiger charge is -2.38. The van der Waals surface area contributed by atoms with Gasteiger partial charge in [0.05, 0.1) is 18.0 Å². The molecule has 164 valence electrons. The largest absolute Gasteiger partial charge is 0.346 e. The topological polar surface area (TPSA) is 113 Å². The molecule has 5 rings (SSSR count). The van der Waals surface area contributed by atoms with E-state index in [0.29, 0.717) is 31.0 Å². The van der Waals surface area contributed by atoms with Gasteiger partial charge in [-0.05, 0) is 37.0 Å². The van der Waals surface area contributed by atoms with Crippen molar-refractivity contribution >= 4 is 32.8 Å². The van der Waals surface area contributed by atoms with Crippen LogP contribution in [0.4, 0.5) is 5.82 Å². The van der Waals surface area contributed by atoms with Crippen molar-refractivity contribution in [2.75, 3.05) is 24.2 Å². The van der Waals surface area contributed by atoms with Gasteiger partial charge < -0.3 is 10.3 Å². The summed E-state index contributed by atoms with van der Waals surface area (Å²) in [5.41, 5.74) is 2.53. The summed E-state index contributed by atoms with van der Waals surface area (Å²) < 4.78 is 28.0. The third-order valence-electron chi connectivity index (χ3n) is 5.99. The van der Waals surface area contributed by atoms with Crippen LogP contribution in [0.15, 0.2) is 30.7 Å². The number of nitrogens with zero attached hydrogens (tertiary/aromatic N) is 4. The van der Waals surface area contributed by atoms with Crippen molar-refractivity contribution in [3.63, 3.8) is 0 Å². The molecule has 1 saturated carbocycles. The van der Waals surface area contributed by atoms with Crippen molar-refractivity contribution in [3.8, 4) is 11.1 Å². The smallest absolute Gasteiger partial charge is 0.228 e. The Labute approximate surface area is 180 Å². The number of unbranched alkanes of at least 4 members (excludes halogenated alkanes) is 1. The van der Waals surface area contributed by atoms with Crippen LogP contribution >= 0.6 is 0 Å². The van der Waals surface area contributed by atoms with Gasteiger partial charge in [0.1, 0.15) is 11.5 Å². The van der Waals surface area contributed by atoms with Gasteiger partial charge in [-0.25, -0.2) is 13.4 Å². The maximum absolute atomic E-state index is 12.3. The Hall–Kier alpha value is -2.72. The summed E-state index contributed by atoms with van der Waals surface area (Å²) in [6, 6.07) is 3.86. The normalized spacial score (nSPS) is 17.7. The van der Waals surface area contributed by atoms with Gasteiger partial charge in [0, 0.05) is 42.4 Å². The molecule has 0 bridgehead atoms. The number of anilines is 1. The molecule has 0 spiro atoms. The lowest BCUT2D eigenvalue weighted by Crippen LogP contribution is -2.51. The van der Waals surface area contributed by atoms with Crippen molar-refractivity contribution in [1.82, 2.24) is 24.1 Å². The number of fused-ring (bicyclic) bond motifs is 1. The third kappa shape index (κ3) is 3.97. The molecule has 4 heterocycles. The fourth-order valence-electron chi connectivity index (χ4n) is 3.86. The summed E-state index contributed by atoms with van der Waals surface area (Å²) in [7, 11) is -3.17. The Bertz CT molecular complexity index is 1220. The molecule has 0 atom stereocenters. The third-order valence-corrected chi connectivity index (χ3v) is 7.88. The Balaban J connectivity index is 1.35. The van der Waals surface area contributed by atoms with Crippen molar-refractivity contribution in [2.24, 2.45) is 5.92 Å². The molecule has 3 aromatic heterocycles. The summed E-state index contributed by atoms with van der Waals surface area (Å²) in [5, 5.41) is 8.35. The minimum absolute atomic E-state index is 0.0129. The number of H-pyrrole nitrogens is 1. The number of nitrogens with one attached hydrogen (secondary N) is 2. The lowest BCUT2D eigenvalue weighted by atomic mass is 10.1. The molecule has 10 heteroatoms. The molecule has 3 aromatic rings. The summed E-state index contributed by atoms with van der Waals surface area (Å²) in [4.78, 5) is 19.8. The molecule has 1 saturated heterocycles. The zero-order valence-corrected chi connectivity index (χ0v) is 18.2. The minimum Gasteiger partial charge on any atom is -0.346 e. The van der Waals surface area contributed by atoms with Gasteiger partial charge in [-0.3, -0.25) is 9.48 Å². The molecule has 0 aromatic carbocycles. The number of carbonyl (C=O) groups excluding carboxylic acids is 1. The Morgan fingerprint density at radius 2 is 2.13 bits per heavy atom. The van der Waals surface area contributed by atoms with Crippen LogP contribution in [0.25, 0.3) is 22.2 Å². The second kappa shape index (κ2) is 7.76. The fourth-order valence-corrected chi connectivity index (χ4v) is 5.57. The van der Waals surface area contributed by atoms with E-state index in [2.05, 4.69) is 20.4 Å². The molecule has 2 aliphatic rings. The molecule has 1 aliphatic heterocycles. The average Bonchev–Trinajstić information content (AvgIpc) is 3.26. The van der Waals surface area contributed by atoms with E-state index in [-0.39, 0.29) is 23.6 Å². The number of rotatable bonds is 8. The van der Waals surface area contributed by atoms with E-state index in [1.165, 1.54) is 4.31 Å². The van der Waals surface area contributed by atoms with E-state index in [1.54, 1.807) is 6.20 Å². The molecule has 1 amide bonds. The minimum atomic E-state index is -3.17. The molecular formula is C21H26N6O3S. The highest BCUT2D eigenvalue weighted by Crippen LogP contribution is 2.33. The summed E-state index contributed by atoms with van der Waals surface area (Å²) >= 11 is 0. The predicted octanol–water partition coefficient (Wildman–Crippen LogP) is 2.76. The van der Waals surface area contributed by atoms with Crippen molar-refractivity contribution in [2.45, 2.75) is 38.6 Å². The van der Waals surface area contributed by atoms with E-state index in [0.717, 1.165) is 35.8 Å². The van der Waals surface area contributed by atoms with Gasteiger partial charge in [0.2, 0.25) is 15.9 Å². The molecule has 9 nitrogen and oxygen atoms in total. The van der Waals surface area contributed by atoms with Gasteiger partial charge in [-0.1, -0.05) is 13.3 Å². The first kappa shape index (κ1) is 20.2. The summed E-state index contributed by atoms with van der Waals surface area (Å²) in [6.45, 7) is 2.89. The van der Waals surface area contributed by atoms with Crippen LogP contribution in [0.2, 0.25) is 0 Å².